The first kappa shape index (κ1) is 17.5. The smallest absolute Gasteiger partial charge is 0.328 e. The van der Waals surface area contributed by atoms with Gasteiger partial charge in [-0.3, -0.25) is 14.2 Å². The van der Waals surface area contributed by atoms with E-state index >= 15 is 0 Å². The minimum absolute atomic E-state index is 0.0502. The van der Waals surface area contributed by atoms with Gasteiger partial charge < -0.3 is 14.7 Å². The molecule has 1 amide bonds. The van der Waals surface area contributed by atoms with Crippen LogP contribution in [0, 0.1) is 0 Å². The number of carbonyl (C=O) groups is 1. The number of carbonyl (C=O) groups excluding carboxylic acids is 1. The predicted molar refractivity (Wildman–Crippen MR) is 97.6 cm³/mol. The standard InChI is InChI=1S/C19H19N3O4/c1-12(2)13-5-7-14(8-6-13)21-17(23)16-10-20-19(25)22(18(16)24)11-15-4-3-9-26-15/h3-10,12H,11H2,1-2H3,(H,20,25)(H,21,23). The summed E-state index contributed by atoms with van der Waals surface area (Å²) in [6.45, 7) is 4.11. The van der Waals surface area contributed by atoms with Gasteiger partial charge in [-0.2, -0.15) is 0 Å². The number of furan rings is 1. The fraction of sp³-hybridized carbons (Fsp3) is 0.211. The van der Waals surface area contributed by atoms with Crippen LogP contribution in [0.4, 0.5) is 5.69 Å². The van der Waals surface area contributed by atoms with Gasteiger partial charge in [0.1, 0.15) is 11.3 Å². The van der Waals surface area contributed by atoms with Gasteiger partial charge in [-0.15, -0.1) is 0 Å². The number of hydrogen-bond acceptors (Lipinski definition) is 4. The Morgan fingerprint density at radius 3 is 2.54 bits per heavy atom. The van der Waals surface area contributed by atoms with E-state index in [1.807, 2.05) is 12.1 Å². The number of benzene rings is 1. The SMILES string of the molecule is CC(C)c1ccc(NC(=O)c2c[nH]c(=O)n(Cc3ccco3)c2=O)cc1. The van der Waals surface area contributed by atoms with E-state index in [0.717, 1.165) is 16.3 Å². The molecule has 0 aliphatic heterocycles. The minimum Gasteiger partial charge on any atom is -0.467 e. The van der Waals surface area contributed by atoms with Crippen LogP contribution in [0.3, 0.4) is 0 Å². The third-order valence-electron chi connectivity index (χ3n) is 4.03. The molecular weight excluding hydrogens is 334 g/mol. The molecule has 0 aliphatic carbocycles. The van der Waals surface area contributed by atoms with E-state index < -0.39 is 17.2 Å². The molecule has 2 N–H and O–H groups in total. The molecule has 7 nitrogen and oxygen atoms in total. The quantitative estimate of drug-likeness (QED) is 0.736. The second-order valence-electron chi connectivity index (χ2n) is 6.21. The van der Waals surface area contributed by atoms with Crippen molar-refractivity contribution in [3.63, 3.8) is 0 Å². The monoisotopic (exact) mass is 353 g/mol. The summed E-state index contributed by atoms with van der Waals surface area (Å²) in [5, 5.41) is 2.67. The summed E-state index contributed by atoms with van der Waals surface area (Å²) in [6, 6.07) is 10.7. The number of nitrogens with one attached hydrogen (secondary N) is 2. The molecule has 3 aromatic rings. The summed E-state index contributed by atoms with van der Waals surface area (Å²) in [6.07, 6.45) is 2.58. The van der Waals surface area contributed by atoms with Crippen LogP contribution in [0.1, 0.15) is 41.4 Å². The van der Waals surface area contributed by atoms with E-state index in [9.17, 15) is 14.4 Å². The van der Waals surface area contributed by atoms with Crippen molar-refractivity contribution >= 4 is 11.6 Å². The molecule has 0 unspecified atom stereocenters. The van der Waals surface area contributed by atoms with E-state index in [4.69, 9.17) is 4.42 Å². The zero-order valence-corrected chi connectivity index (χ0v) is 14.5. The van der Waals surface area contributed by atoms with Crippen LogP contribution >= 0.6 is 0 Å². The van der Waals surface area contributed by atoms with Gasteiger partial charge in [0.25, 0.3) is 11.5 Å². The van der Waals surface area contributed by atoms with Crippen molar-refractivity contribution in [1.29, 1.82) is 0 Å². The van der Waals surface area contributed by atoms with Crippen molar-refractivity contribution in [2.24, 2.45) is 0 Å². The van der Waals surface area contributed by atoms with Crippen LogP contribution in [-0.2, 0) is 6.54 Å². The topological polar surface area (TPSA) is 97.1 Å². The maximum atomic E-state index is 12.5. The third kappa shape index (κ3) is 3.66. The van der Waals surface area contributed by atoms with Crippen LogP contribution in [0.2, 0.25) is 0 Å². The molecule has 0 radical (unpaired) electrons. The lowest BCUT2D eigenvalue weighted by Gasteiger charge is -2.09. The second-order valence-corrected chi connectivity index (χ2v) is 6.21. The van der Waals surface area contributed by atoms with Crippen molar-refractivity contribution in [3.05, 3.63) is 86.6 Å². The summed E-state index contributed by atoms with van der Waals surface area (Å²) in [7, 11) is 0. The molecular formula is C19H19N3O4. The Kier molecular flexibility index (Phi) is 4.88. The summed E-state index contributed by atoms with van der Waals surface area (Å²) in [4.78, 5) is 39.3. The molecule has 2 heterocycles. The Morgan fingerprint density at radius 2 is 1.92 bits per heavy atom. The van der Waals surface area contributed by atoms with Gasteiger partial charge in [-0.05, 0) is 35.7 Å². The van der Waals surface area contributed by atoms with Crippen LogP contribution in [0.25, 0.3) is 0 Å². The molecule has 26 heavy (non-hydrogen) atoms. The third-order valence-corrected chi connectivity index (χ3v) is 4.03. The number of nitrogens with zero attached hydrogens (tertiary/aromatic N) is 1. The lowest BCUT2D eigenvalue weighted by molar-refractivity contribution is 0.102. The van der Waals surface area contributed by atoms with Crippen LogP contribution in [-0.4, -0.2) is 15.5 Å². The number of rotatable bonds is 5. The van der Waals surface area contributed by atoms with Crippen molar-refractivity contribution in [3.8, 4) is 0 Å². The number of aromatic nitrogens is 2. The Labute approximate surface area is 149 Å². The minimum atomic E-state index is -0.679. The summed E-state index contributed by atoms with van der Waals surface area (Å²) >= 11 is 0. The Hall–Kier alpha value is -3.35. The predicted octanol–water partition coefficient (Wildman–Crippen LogP) is 2.55. The fourth-order valence-electron chi connectivity index (χ4n) is 2.53. The van der Waals surface area contributed by atoms with E-state index in [1.54, 1.807) is 24.3 Å². The highest BCUT2D eigenvalue weighted by atomic mass is 16.3. The van der Waals surface area contributed by atoms with Crippen LogP contribution < -0.4 is 16.6 Å². The maximum Gasteiger partial charge on any atom is 0.328 e. The average Bonchev–Trinajstić information content (AvgIpc) is 3.12. The second kappa shape index (κ2) is 7.26. The molecule has 7 heteroatoms. The highest BCUT2D eigenvalue weighted by Crippen LogP contribution is 2.17. The summed E-state index contributed by atoms with van der Waals surface area (Å²) < 4.78 is 6.09. The van der Waals surface area contributed by atoms with Gasteiger partial charge in [-0.1, -0.05) is 26.0 Å². The van der Waals surface area contributed by atoms with Crippen LogP contribution in [0.15, 0.2) is 62.9 Å². The molecule has 0 atom stereocenters. The van der Waals surface area contributed by atoms with Gasteiger partial charge in [-0.25, -0.2) is 4.79 Å². The van der Waals surface area contributed by atoms with Crippen molar-refractivity contribution in [2.45, 2.75) is 26.3 Å². The summed E-state index contributed by atoms with van der Waals surface area (Å²) in [5.74, 6) is 0.240. The highest BCUT2D eigenvalue weighted by molar-refractivity contribution is 6.03. The first-order chi connectivity index (χ1) is 12.5. The molecule has 2 aromatic heterocycles. The van der Waals surface area contributed by atoms with Crippen molar-refractivity contribution in [2.75, 3.05) is 5.32 Å². The van der Waals surface area contributed by atoms with Crippen molar-refractivity contribution < 1.29 is 9.21 Å². The first-order valence-electron chi connectivity index (χ1n) is 8.22. The number of H-pyrrole nitrogens is 1. The van der Waals surface area contributed by atoms with Crippen LogP contribution in [0.5, 0.6) is 0 Å². The number of hydrogen-bond donors (Lipinski definition) is 2. The fourth-order valence-corrected chi connectivity index (χ4v) is 2.53. The molecule has 0 saturated carbocycles. The summed E-state index contributed by atoms with van der Waals surface area (Å²) in [5.41, 5.74) is 0.283. The number of aromatic amines is 1. The van der Waals surface area contributed by atoms with Crippen molar-refractivity contribution in [1.82, 2.24) is 9.55 Å². The van der Waals surface area contributed by atoms with E-state index in [-0.39, 0.29) is 12.1 Å². The average molecular weight is 353 g/mol. The largest absolute Gasteiger partial charge is 0.467 e. The normalized spacial score (nSPS) is 10.9. The van der Waals surface area contributed by atoms with E-state index in [1.165, 1.54) is 6.26 Å². The zero-order chi connectivity index (χ0) is 18.7. The number of anilines is 1. The lowest BCUT2D eigenvalue weighted by atomic mass is 10.0. The van der Waals surface area contributed by atoms with E-state index in [0.29, 0.717) is 17.4 Å². The van der Waals surface area contributed by atoms with E-state index in [2.05, 4.69) is 24.1 Å². The van der Waals surface area contributed by atoms with Gasteiger partial charge >= 0.3 is 5.69 Å². The van der Waals surface area contributed by atoms with Gasteiger partial charge in [0.05, 0.1) is 12.8 Å². The van der Waals surface area contributed by atoms with Gasteiger partial charge in [0, 0.05) is 11.9 Å². The maximum absolute atomic E-state index is 12.5. The molecule has 0 spiro atoms. The molecule has 3 rings (SSSR count). The molecule has 1 aromatic carbocycles. The Balaban J connectivity index is 1.85. The number of amides is 1. The zero-order valence-electron chi connectivity index (χ0n) is 14.5. The molecule has 0 saturated heterocycles. The molecule has 134 valence electrons. The molecule has 0 aliphatic rings. The van der Waals surface area contributed by atoms with Gasteiger partial charge in [0.2, 0.25) is 0 Å². The Bertz CT molecular complexity index is 1010. The Morgan fingerprint density at radius 1 is 1.19 bits per heavy atom. The highest BCUT2D eigenvalue weighted by Gasteiger charge is 2.16. The van der Waals surface area contributed by atoms with Gasteiger partial charge in [0.15, 0.2) is 0 Å². The molecule has 0 fully saturated rings. The lowest BCUT2D eigenvalue weighted by Crippen LogP contribution is -2.39. The first-order valence-corrected chi connectivity index (χ1v) is 8.22. The molecule has 0 bridgehead atoms.